The van der Waals surface area contributed by atoms with Crippen molar-refractivity contribution in [2.75, 3.05) is 0 Å². The third-order valence-corrected chi connectivity index (χ3v) is 5.10. The first kappa shape index (κ1) is 16.0. The lowest BCUT2D eigenvalue weighted by Gasteiger charge is -2.32. The van der Waals surface area contributed by atoms with Gasteiger partial charge in [-0.05, 0) is 54.3 Å². The molecule has 0 amide bonds. The second kappa shape index (κ2) is 5.53. The van der Waals surface area contributed by atoms with E-state index in [2.05, 4.69) is 48.5 Å². The van der Waals surface area contributed by atoms with Gasteiger partial charge < -0.3 is 5.73 Å². The van der Waals surface area contributed by atoms with E-state index in [-0.39, 0.29) is 0 Å². The van der Waals surface area contributed by atoms with Gasteiger partial charge in [-0.1, -0.05) is 48.5 Å². The first-order chi connectivity index (χ1) is 8.01. The number of rotatable bonds is 4. The Hall–Kier alpha value is -0.0400. The second-order valence-corrected chi connectivity index (χ2v) is 8.87. The van der Waals surface area contributed by atoms with Crippen LogP contribution in [0.3, 0.4) is 0 Å². The zero-order valence-corrected chi connectivity index (χ0v) is 13.7. The minimum absolute atomic E-state index is 0.421. The highest BCUT2D eigenvalue weighted by molar-refractivity contribution is 4.90. The molecule has 0 aromatic rings. The Bertz CT molecular complexity index is 259. The molecular weight excluding hydrogens is 218 g/mol. The molecule has 1 fully saturated rings. The van der Waals surface area contributed by atoms with Crippen molar-refractivity contribution in [3.05, 3.63) is 0 Å². The van der Waals surface area contributed by atoms with Gasteiger partial charge in [0.1, 0.15) is 0 Å². The van der Waals surface area contributed by atoms with Crippen molar-refractivity contribution >= 4 is 0 Å². The fourth-order valence-electron chi connectivity index (χ4n) is 3.44. The lowest BCUT2D eigenvalue weighted by molar-refractivity contribution is 0.184. The van der Waals surface area contributed by atoms with Crippen LogP contribution in [0.4, 0.5) is 0 Å². The Kier molecular flexibility index (Phi) is 4.92. The fraction of sp³-hybridized carbons (Fsp3) is 1.00. The maximum Gasteiger partial charge on any atom is 0.00701 e. The van der Waals surface area contributed by atoms with Crippen molar-refractivity contribution in [1.82, 2.24) is 0 Å². The fourth-order valence-corrected chi connectivity index (χ4v) is 3.44. The minimum atomic E-state index is 0.421. The maximum absolute atomic E-state index is 6.37. The third-order valence-electron chi connectivity index (χ3n) is 5.10. The molecule has 0 saturated heterocycles. The van der Waals surface area contributed by atoms with E-state index in [4.69, 9.17) is 5.73 Å². The van der Waals surface area contributed by atoms with Crippen molar-refractivity contribution in [3.63, 3.8) is 0 Å². The average Bonchev–Trinajstić information content (AvgIpc) is 2.42. The molecule has 1 aliphatic rings. The van der Waals surface area contributed by atoms with Crippen molar-refractivity contribution < 1.29 is 0 Å². The van der Waals surface area contributed by atoms with Crippen LogP contribution in [-0.2, 0) is 0 Å². The van der Waals surface area contributed by atoms with Crippen molar-refractivity contribution in [2.45, 2.75) is 80.2 Å². The highest BCUT2D eigenvalue weighted by Gasteiger charge is 2.37. The molecule has 0 aliphatic heterocycles. The minimum Gasteiger partial charge on any atom is -0.327 e. The molecular formula is C17H35N. The zero-order valence-electron chi connectivity index (χ0n) is 13.7. The summed E-state index contributed by atoms with van der Waals surface area (Å²) >= 11 is 0. The summed E-state index contributed by atoms with van der Waals surface area (Å²) in [5.74, 6) is 2.36. The van der Waals surface area contributed by atoms with Crippen LogP contribution in [0.25, 0.3) is 0 Å². The third kappa shape index (κ3) is 4.57. The molecule has 108 valence electrons. The van der Waals surface area contributed by atoms with E-state index >= 15 is 0 Å². The molecule has 3 atom stereocenters. The Labute approximate surface area is 115 Å². The predicted octanol–water partition coefficient (Wildman–Crippen LogP) is 4.85. The molecule has 0 spiro atoms. The summed E-state index contributed by atoms with van der Waals surface area (Å²) in [6.45, 7) is 16.5. The summed E-state index contributed by atoms with van der Waals surface area (Å²) in [6.07, 6.45) is 5.23. The molecule has 1 nitrogen and oxygen atoms in total. The van der Waals surface area contributed by atoms with Gasteiger partial charge in [-0.2, -0.15) is 0 Å². The van der Waals surface area contributed by atoms with Gasteiger partial charge in [0.2, 0.25) is 0 Å². The second-order valence-electron chi connectivity index (χ2n) is 8.87. The molecule has 0 aromatic carbocycles. The molecule has 3 unspecified atom stereocenters. The smallest absolute Gasteiger partial charge is 0.00701 e. The Morgan fingerprint density at radius 2 is 1.56 bits per heavy atom. The summed E-state index contributed by atoms with van der Waals surface area (Å²) in [4.78, 5) is 0. The summed E-state index contributed by atoms with van der Waals surface area (Å²) < 4.78 is 0. The quantitative estimate of drug-likeness (QED) is 0.761. The van der Waals surface area contributed by atoms with Gasteiger partial charge >= 0.3 is 0 Å². The van der Waals surface area contributed by atoms with Gasteiger partial charge in [-0.25, -0.2) is 0 Å². The monoisotopic (exact) mass is 253 g/mol. The highest BCUT2D eigenvalue weighted by atomic mass is 14.7. The van der Waals surface area contributed by atoms with E-state index in [0.29, 0.717) is 16.9 Å². The van der Waals surface area contributed by atoms with E-state index in [1.165, 1.54) is 25.7 Å². The van der Waals surface area contributed by atoms with Crippen molar-refractivity contribution in [2.24, 2.45) is 34.3 Å². The summed E-state index contributed by atoms with van der Waals surface area (Å²) in [6, 6.07) is 0.442. The first-order valence-electron chi connectivity index (χ1n) is 7.77. The molecule has 1 rings (SSSR count). The first-order valence-corrected chi connectivity index (χ1v) is 7.77. The summed E-state index contributed by atoms with van der Waals surface area (Å²) in [5.41, 5.74) is 7.25. The van der Waals surface area contributed by atoms with Gasteiger partial charge in [-0.15, -0.1) is 0 Å². The normalized spacial score (nSPS) is 30.2. The van der Waals surface area contributed by atoms with E-state index in [1.807, 2.05) is 0 Å². The molecule has 1 heteroatoms. The molecule has 0 bridgehead atoms. The van der Waals surface area contributed by atoms with Crippen LogP contribution in [0, 0.1) is 28.6 Å². The van der Waals surface area contributed by atoms with Crippen molar-refractivity contribution in [1.29, 1.82) is 0 Å². The SMILES string of the molecule is CC(C)C(C)(C)CC1CC(N)C(CC(C)(C)C)C1. The van der Waals surface area contributed by atoms with Crippen LogP contribution < -0.4 is 5.73 Å². The molecule has 2 N–H and O–H groups in total. The summed E-state index contributed by atoms with van der Waals surface area (Å²) in [5, 5.41) is 0. The van der Waals surface area contributed by atoms with E-state index in [1.54, 1.807) is 0 Å². The largest absolute Gasteiger partial charge is 0.327 e. The number of hydrogen-bond donors (Lipinski definition) is 1. The van der Waals surface area contributed by atoms with E-state index < -0.39 is 0 Å². The molecule has 0 heterocycles. The summed E-state index contributed by atoms with van der Waals surface area (Å²) in [7, 11) is 0. The van der Waals surface area contributed by atoms with E-state index in [0.717, 1.165) is 17.8 Å². The lowest BCUT2D eigenvalue weighted by atomic mass is 9.73. The van der Waals surface area contributed by atoms with Gasteiger partial charge in [0, 0.05) is 6.04 Å². The zero-order chi connectivity index (χ0) is 14.1. The molecule has 1 aliphatic carbocycles. The molecule has 18 heavy (non-hydrogen) atoms. The van der Waals surface area contributed by atoms with Gasteiger partial charge in [-0.3, -0.25) is 0 Å². The highest BCUT2D eigenvalue weighted by Crippen LogP contribution is 2.44. The standard InChI is InChI=1S/C17H35N/c1-12(2)17(6,7)10-13-8-14(15(18)9-13)11-16(3,4)5/h12-15H,8-11,18H2,1-7H3. The van der Waals surface area contributed by atoms with Gasteiger partial charge in [0.15, 0.2) is 0 Å². The Morgan fingerprint density at radius 1 is 1.00 bits per heavy atom. The molecule has 0 radical (unpaired) electrons. The Balaban J connectivity index is 2.54. The lowest BCUT2D eigenvalue weighted by Crippen LogP contribution is -2.27. The van der Waals surface area contributed by atoms with Crippen LogP contribution in [0.1, 0.15) is 74.1 Å². The van der Waals surface area contributed by atoms with Gasteiger partial charge in [0.25, 0.3) is 0 Å². The van der Waals surface area contributed by atoms with E-state index in [9.17, 15) is 0 Å². The number of nitrogens with two attached hydrogens (primary N) is 1. The van der Waals surface area contributed by atoms with Crippen LogP contribution in [0.2, 0.25) is 0 Å². The van der Waals surface area contributed by atoms with Crippen LogP contribution >= 0.6 is 0 Å². The average molecular weight is 253 g/mol. The number of hydrogen-bond acceptors (Lipinski definition) is 1. The molecule has 1 saturated carbocycles. The van der Waals surface area contributed by atoms with Crippen LogP contribution in [-0.4, -0.2) is 6.04 Å². The Morgan fingerprint density at radius 3 is 2.00 bits per heavy atom. The van der Waals surface area contributed by atoms with Crippen LogP contribution in [0.15, 0.2) is 0 Å². The van der Waals surface area contributed by atoms with Crippen LogP contribution in [0.5, 0.6) is 0 Å². The van der Waals surface area contributed by atoms with Gasteiger partial charge in [0.05, 0.1) is 0 Å². The van der Waals surface area contributed by atoms with Crippen molar-refractivity contribution in [3.8, 4) is 0 Å². The topological polar surface area (TPSA) is 26.0 Å². The predicted molar refractivity (Wildman–Crippen MR) is 81.5 cm³/mol. The maximum atomic E-state index is 6.37. The molecule has 0 aromatic heterocycles.